The van der Waals surface area contributed by atoms with E-state index in [0.29, 0.717) is 4.47 Å². The van der Waals surface area contributed by atoms with Crippen LogP contribution >= 0.6 is 15.9 Å². The van der Waals surface area contributed by atoms with Crippen molar-refractivity contribution < 1.29 is 9.50 Å². The molecule has 1 aliphatic carbocycles. The van der Waals surface area contributed by atoms with E-state index in [-0.39, 0.29) is 18.5 Å². The molecule has 0 amide bonds. The summed E-state index contributed by atoms with van der Waals surface area (Å²) in [6.07, 6.45) is 1.89. The topological polar surface area (TPSA) is 56.9 Å². The van der Waals surface area contributed by atoms with E-state index in [1.54, 1.807) is 6.92 Å². The zero-order chi connectivity index (χ0) is 12.0. The lowest BCUT2D eigenvalue weighted by Crippen LogP contribution is -2.48. The lowest BCUT2D eigenvalue weighted by atomic mass is 9.59. The molecule has 0 aliphatic heterocycles. The Labute approximate surface area is 101 Å². The van der Waals surface area contributed by atoms with Crippen LogP contribution in [0.15, 0.2) is 16.7 Å². The predicted molar refractivity (Wildman–Crippen MR) is 58.7 cm³/mol. The number of rotatable bonds is 1. The second kappa shape index (κ2) is 3.51. The summed E-state index contributed by atoms with van der Waals surface area (Å²) in [5, 5.41) is 19.0. The fraction of sp³-hybridized carbons (Fsp3) is 0.455. The highest BCUT2D eigenvalue weighted by Gasteiger charge is 2.54. The summed E-state index contributed by atoms with van der Waals surface area (Å²) in [4.78, 5) is 3.89. The minimum atomic E-state index is -1.30. The summed E-state index contributed by atoms with van der Waals surface area (Å²) in [7, 11) is 0. The molecule has 0 radical (unpaired) electrons. The number of nitrogens with zero attached hydrogens (tertiary/aromatic N) is 2. The number of nitriles is 1. The molecule has 5 heteroatoms. The molecule has 1 heterocycles. The van der Waals surface area contributed by atoms with E-state index in [4.69, 9.17) is 5.26 Å². The molecule has 1 aromatic rings. The quantitative estimate of drug-likeness (QED) is 0.862. The molecule has 84 valence electrons. The highest BCUT2D eigenvalue weighted by Crippen LogP contribution is 2.53. The lowest BCUT2D eigenvalue weighted by molar-refractivity contribution is -0.108. The van der Waals surface area contributed by atoms with Gasteiger partial charge in [0.1, 0.15) is 17.1 Å². The Kier molecular flexibility index (Phi) is 2.52. The molecule has 0 saturated heterocycles. The van der Waals surface area contributed by atoms with Crippen LogP contribution in [0.2, 0.25) is 0 Å². The van der Waals surface area contributed by atoms with Crippen molar-refractivity contribution in [2.75, 3.05) is 0 Å². The molecule has 1 fully saturated rings. The number of hydrogen-bond donors (Lipinski definition) is 1. The van der Waals surface area contributed by atoms with Crippen molar-refractivity contribution in [2.24, 2.45) is 5.41 Å². The molecular weight excluding hydrogens is 275 g/mol. The van der Waals surface area contributed by atoms with Crippen LogP contribution in [0.5, 0.6) is 0 Å². The number of halogens is 2. The summed E-state index contributed by atoms with van der Waals surface area (Å²) in [6.45, 7) is 1.75. The number of aliphatic hydroxyl groups is 1. The summed E-state index contributed by atoms with van der Waals surface area (Å²) in [5.74, 6) is -0.545. The van der Waals surface area contributed by atoms with Gasteiger partial charge in [-0.3, -0.25) is 4.98 Å². The normalized spacial score (nSPS) is 32.9. The van der Waals surface area contributed by atoms with Crippen LogP contribution < -0.4 is 0 Å². The maximum absolute atomic E-state index is 13.6. The Morgan fingerprint density at radius 1 is 1.62 bits per heavy atom. The summed E-state index contributed by atoms with van der Waals surface area (Å²) < 4.78 is 14.1. The summed E-state index contributed by atoms with van der Waals surface area (Å²) in [6, 6.07) is 3.38. The van der Waals surface area contributed by atoms with Gasteiger partial charge in [0, 0.05) is 23.5 Å². The number of hydrogen-bond acceptors (Lipinski definition) is 3. The second-order valence-electron chi connectivity index (χ2n) is 4.54. The van der Waals surface area contributed by atoms with Crippen molar-refractivity contribution in [3.05, 3.63) is 28.2 Å². The fourth-order valence-corrected chi connectivity index (χ4v) is 2.55. The zero-order valence-corrected chi connectivity index (χ0v) is 10.3. The van der Waals surface area contributed by atoms with E-state index in [1.165, 1.54) is 12.3 Å². The van der Waals surface area contributed by atoms with Crippen molar-refractivity contribution in [3.63, 3.8) is 0 Å². The molecule has 16 heavy (non-hydrogen) atoms. The number of pyridine rings is 1. The van der Waals surface area contributed by atoms with E-state index >= 15 is 0 Å². The van der Waals surface area contributed by atoms with Gasteiger partial charge in [0.15, 0.2) is 0 Å². The molecule has 1 N–H and O–H groups in total. The van der Waals surface area contributed by atoms with Gasteiger partial charge >= 0.3 is 0 Å². The molecule has 0 bridgehead atoms. The van der Waals surface area contributed by atoms with Crippen molar-refractivity contribution in [1.29, 1.82) is 5.26 Å². The molecule has 3 nitrogen and oxygen atoms in total. The molecular formula is C11H10BrFN2O. The molecule has 0 unspecified atom stereocenters. The van der Waals surface area contributed by atoms with Crippen LogP contribution in [0.25, 0.3) is 0 Å². The average Bonchev–Trinajstić information content (AvgIpc) is 2.15. The third-order valence-electron chi connectivity index (χ3n) is 2.88. The van der Waals surface area contributed by atoms with Crippen LogP contribution in [-0.4, -0.2) is 10.1 Å². The Hall–Kier alpha value is -0.990. The first kappa shape index (κ1) is 11.5. The molecule has 0 aromatic carbocycles. The first-order chi connectivity index (χ1) is 7.38. The van der Waals surface area contributed by atoms with Gasteiger partial charge in [0.25, 0.3) is 0 Å². The number of aromatic nitrogens is 1. The Morgan fingerprint density at radius 3 is 2.75 bits per heavy atom. The SMILES string of the molecule is C[C@]1(C#N)C[C@](O)(c2ncc(Br)cc2F)C1. The third-order valence-corrected chi connectivity index (χ3v) is 3.32. The molecule has 0 atom stereocenters. The molecule has 2 rings (SSSR count). The van der Waals surface area contributed by atoms with Gasteiger partial charge < -0.3 is 5.11 Å². The van der Waals surface area contributed by atoms with E-state index in [1.807, 2.05) is 0 Å². The molecule has 0 spiro atoms. The largest absolute Gasteiger partial charge is 0.383 e. The third kappa shape index (κ3) is 1.72. The standard InChI is InChI=1S/C11H10BrFN2O/c1-10(6-14)4-11(16,5-10)9-8(13)2-7(12)3-15-9/h2-3,16H,4-5H2,1H3/t10-,11+. The van der Waals surface area contributed by atoms with Gasteiger partial charge in [-0.25, -0.2) is 4.39 Å². The van der Waals surface area contributed by atoms with Crippen LogP contribution in [0.1, 0.15) is 25.5 Å². The monoisotopic (exact) mass is 284 g/mol. The molecule has 1 aliphatic rings. The summed E-state index contributed by atoms with van der Waals surface area (Å²) in [5.41, 5.74) is -1.84. The van der Waals surface area contributed by atoms with Gasteiger partial charge in [0.2, 0.25) is 0 Å². The zero-order valence-electron chi connectivity index (χ0n) is 8.67. The van der Waals surface area contributed by atoms with Crippen LogP contribution in [0.3, 0.4) is 0 Å². The highest BCUT2D eigenvalue weighted by atomic mass is 79.9. The van der Waals surface area contributed by atoms with Crippen LogP contribution in [0, 0.1) is 22.6 Å². The maximum Gasteiger partial charge on any atom is 0.148 e. The van der Waals surface area contributed by atoms with Crippen molar-refractivity contribution in [2.45, 2.75) is 25.4 Å². The Balaban J connectivity index is 2.31. The van der Waals surface area contributed by atoms with Crippen LogP contribution in [-0.2, 0) is 5.60 Å². The van der Waals surface area contributed by atoms with Crippen molar-refractivity contribution in [1.82, 2.24) is 4.98 Å². The minimum Gasteiger partial charge on any atom is -0.383 e. The Bertz CT molecular complexity index is 477. The van der Waals surface area contributed by atoms with Crippen LogP contribution in [0.4, 0.5) is 4.39 Å². The molecule has 1 saturated carbocycles. The van der Waals surface area contributed by atoms with E-state index < -0.39 is 16.8 Å². The van der Waals surface area contributed by atoms with Gasteiger partial charge in [-0.05, 0) is 28.9 Å². The highest BCUT2D eigenvalue weighted by molar-refractivity contribution is 9.10. The van der Waals surface area contributed by atoms with Gasteiger partial charge in [-0.1, -0.05) is 0 Å². The van der Waals surface area contributed by atoms with E-state index in [0.717, 1.165) is 0 Å². The first-order valence-corrected chi connectivity index (χ1v) is 5.63. The predicted octanol–water partition coefficient (Wildman–Crippen LogP) is 2.49. The van der Waals surface area contributed by atoms with Gasteiger partial charge in [-0.15, -0.1) is 0 Å². The smallest absolute Gasteiger partial charge is 0.148 e. The van der Waals surface area contributed by atoms with Crippen molar-refractivity contribution >= 4 is 15.9 Å². The van der Waals surface area contributed by atoms with E-state index in [2.05, 4.69) is 27.0 Å². The van der Waals surface area contributed by atoms with E-state index in [9.17, 15) is 9.50 Å². The minimum absolute atomic E-state index is 0.0309. The maximum atomic E-state index is 13.6. The first-order valence-electron chi connectivity index (χ1n) is 4.84. The average molecular weight is 285 g/mol. The Morgan fingerprint density at radius 2 is 2.25 bits per heavy atom. The lowest BCUT2D eigenvalue weighted by Gasteiger charge is -2.46. The van der Waals surface area contributed by atoms with Gasteiger partial charge in [-0.2, -0.15) is 5.26 Å². The van der Waals surface area contributed by atoms with Gasteiger partial charge in [0.05, 0.1) is 11.5 Å². The fourth-order valence-electron chi connectivity index (χ4n) is 2.24. The second-order valence-corrected chi connectivity index (χ2v) is 5.46. The van der Waals surface area contributed by atoms with Crippen molar-refractivity contribution in [3.8, 4) is 6.07 Å². The summed E-state index contributed by atoms with van der Waals surface area (Å²) >= 11 is 3.10. The molecule has 1 aromatic heterocycles.